The highest BCUT2D eigenvalue weighted by atomic mass is 19.1. The third-order valence-corrected chi connectivity index (χ3v) is 5.83. The fraction of sp³-hybridized carbons (Fsp3) is 0.360. The Balaban J connectivity index is 1.54. The summed E-state index contributed by atoms with van der Waals surface area (Å²) in [4.78, 5) is 28.7. The normalized spacial score (nSPS) is 16.3. The average Bonchev–Trinajstić information content (AvgIpc) is 3.22. The Kier molecular flexibility index (Phi) is 5.78. The molecule has 4 rings (SSSR count). The molecule has 1 saturated heterocycles. The van der Waals surface area contributed by atoms with Crippen molar-refractivity contribution in [2.24, 2.45) is 0 Å². The molecule has 1 fully saturated rings. The van der Waals surface area contributed by atoms with Gasteiger partial charge in [0.05, 0.1) is 17.4 Å². The van der Waals surface area contributed by atoms with Crippen LogP contribution < -0.4 is 10.5 Å². The van der Waals surface area contributed by atoms with Gasteiger partial charge in [-0.2, -0.15) is 0 Å². The standard InChI is InChI=1S/C25H28FN3O4/c1-25(2,3)33-24(32)27(4)18-10-11-28(15-18)22-8-5-17(14-21(22)26)29-12-9-16-13-19(30)6-7-20(16)23(29)31/h5-9,12-14,18,30H,10-11,15H2,1-4H3/t18-/m1/s1. The van der Waals surface area contributed by atoms with Gasteiger partial charge in [-0.15, -0.1) is 0 Å². The molecule has 0 saturated carbocycles. The van der Waals surface area contributed by atoms with E-state index in [0.29, 0.717) is 41.7 Å². The van der Waals surface area contributed by atoms with Crippen LogP contribution in [0.4, 0.5) is 14.9 Å². The smallest absolute Gasteiger partial charge is 0.410 e. The van der Waals surface area contributed by atoms with Crippen molar-refractivity contribution in [2.45, 2.75) is 38.8 Å². The molecule has 0 bridgehead atoms. The molecule has 174 valence electrons. The number of aromatic hydroxyl groups is 1. The summed E-state index contributed by atoms with van der Waals surface area (Å²) in [5, 5.41) is 10.7. The molecule has 0 radical (unpaired) electrons. The molecular formula is C25H28FN3O4. The summed E-state index contributed by atoms with van der Waals surface area (Å²) < 4.78 is 21.9. The first kappa shape index (κ1) is 22.6. The molecular weight excluding hydrogens is 425 g/mol. The maximum atomic E-state index is 15.1. The molecule has 3 aromatic rings. The van der Waals surface area contributed by atoms with Crippen LogP contribution in [-0.2, 0) is 4.74 Å². The number of ether oxygens (including phenoxy) is 1. The Morgan fingerprint density at radius 1 is 1.18 bits per heavy atom. The minimum Gasteiger partial charge on any atom is -0.508 e. The number of rotatable bonds is 3. The van der Waals surface area contributed by atoms with E-state index >= 15 is 4.39 Å². The van der Waals surface area contributed by atoms with Gasteiger partial charge in [-0.05, 0) is 69.0 Å². The van der Waals surface area contributed by atoms with E-state index in [1.54, 1.807) is 42.4 Å². The van der Waals surface area contributed by atoms with Crippen LogP contribution in [0.2, 0.25) is 0 Å². The molecule has 1 aliphatic rings. The molecule has 1 atom stereocenters. The molecule has 1 aromatic heterocycles. The quantitative estimate of drug-likeness (QED) is 0.641. The van der Waals surface area contributed by atoms with Crippen LogP contribution in [0, 0.1) is 5.82 Å². The Morgan fingerprint density at radius 2 is 1.94 bits per heavy atom. The van der Waals surface area contributed by atoms with Crippen LogP contribution in [0.15, 0.2) is 53.5 Å². The summed E-state index contributed by atoms with van der Waals surface area (Å²) in [5.41, 5.74) is -0.0254. The number of carbonyl (C=O) groups excluding carboxylic acids is 1. The molecule has 0 spiro atoms. The lowest BCUT2D eigenvalue weighted by molar-refractivity contribution is 0.0238. The van der Waals surface area contributed by atoms with Gasteiger partial charge >= 0.3 is 6.09 Å². The lowest BCUT2D eigenvalue weighted by atomic mass is 10.1. The summed E-state index contributed by atoms with van der Waals surface area (Å²) in [5.74, 6) is -0.359. The zero-order chi connectivity index (χ0) is 23.9. The molecule has 8 heteroatoms. The lowest BCUT2D eigenvalue weighted by Gasteiger charge is -2.29. The second-order valence-electron chi connectivity index (χ2n) is 9.38. The first-order chi connectivity index (χ1) is 15.5. The zero-order valence-electron chi connectivity index (χ0n) is 19.2. The topological polar surface area (TPSA) is 75.0 Å². The van der Waals surface area contributed by atoms with Gasteiger partial charge < -0.3 is 19.6 Å². The zero-order valence-corrected chi connectivity index (χ0v) is 19.2. The molecule has 0 unspecified atom stereocenters. The monoisotopic (exact) mass is 453 g/mol. The summed E-state index contributed by atoms with van der Waals surface area (Å²) >= 11 is 0. The van der Waals surface area contributed by atoms with E-state index in [4.69, 9.17) is 4.74 Å². The number of amides is 1. The van der Waals surface area contributed by atoms with Crippen molar-refractivity contribution in [3.8, 4) is 11.4 Å². The first-order valence-corrected chi connectivity index (χ1v) is 10.9. The summed E-state index contributed by atoms with van der Waals surface area (Å²) in [6, 6.07) is 10.9. The predicted octanol–water partition coefficient (Wildman–Crippen LogP) is 4.28. The second kappa shape index (κ2) is 8.42. The van der Waals surface area contributed by atoms with Crippen molar-refractivity contribution in [1.29, 1.82) is 0 Å². The van der Waals surface area contributed by atoms with E-state index in [1.807, 2.05) is 25.7 Å². The fourth-order valence-corrected chi connectivity index (χ4v) is 4.10. The number of phenolic OH excluding ortho intramolecular Hbond substituents is 1. The van der Waals surface area contributed by atoms with Gasteiger partial charge in [0.25, 0.3) is 5.56 Å². The van der Waals surface area contributed by atoms with Gasteiger partial charge in [0.15, 0.2) is 0 Å². The van der Waals surface area contributed by atoms with E-state index in [0.717, 1.165) is 0 Å². The number of pyridine rings is 1. The minimum absolute atomic E-state index is 0.0799. The maximum Gasteiger partial charge on any atom is 0.410 e. The maximum absolute atomic E-state index is 15.1. The number of carbonyl (C=O) groups is 1. The van der Waals surface area contributed by atoms with Crippen molar-refractivity contribution in [3.63, 3.8) is 0 Å². The van der Waals surface area contributed by atoms with Crippen LogP contribution in [0.25, 0.3) is 16.5 Å². The first-order valence-electron chi connectivity index (χ1n) is 10.9. The van der Waals surface area contributed by atoms with Crippen molar-refractivity contribution in [1.82, 2.24) is 9.47 Å². The number of benzene rings is 2. The van der Waals surface area contributed by atoms with Crippen LogP contribution in [0.1, 0.15) is 27.2 Å². The largest absolute Gasteiger partial charge is 0.508 e. The van der Waals surface area contributed by atoms with Gasteiger partial charge in [-0.25, -0.2) is 9.18 Å². The van der Waals surface area contributed by atoms with Crippen LogP contribution in [0.5, 0.6) is 5.75 Å². The highest BCUT2D eigenvalue weighted by Gasteiger charge is 2.32. The van der Waals surface area contributed by atoms with Gasteiger partial charge in [0, 0.05) is 37.8 Å². The number of hydrogen-bond acceptors (Lipinski definition) is 5. The Bertz CT molecular complexity index is 1260. The van der Waals surface area contributed by atoms with E-state index in [9.17, 15) is 14.7 Å². The second-order valence-corrected chi connectivity index (χ2v) is 9.38. The molecule has 1 N–H and O–H groups in total. The van der Waals surface area contributed by atoms with Crippen molar-refractivity contribution < 1.29 is 19.0 Å². The summed E-state index contributed by atoms with van der Waals surface area (Å²) in [6.45, 7) is 6.56. The Morgan fingerprint density at radius 3 is 2.64 bits per heavy atom. The predicted molar refractivity (Wildman–Crippen MR) is 126 cm³/mol. The van der Waals surface area contributed by atoms with Crippen molar-refractivity contribution >= 4 is 22.6 Å². The van der Waals surface area contributed by atoms with E-state index < -0.39 is 17.5 Å². The Labute approximate surface area is 191 Å². The van der Waals surface area contributed by atoms with Crippen LogP contribution >= 0.6 is 0 Å². The average molecular weight is 454 g/mol. The van der Waals surface area contributed by atoms with Crippen molar-refractivity contribution in [2.75, 3.05) is 25.0 Å². The highest BCUT2D eigenvalue weighted by Crippen LogP contribution is 2.28. The number of nitrogens with zero attached hydrogens (tertiary/aromatic N) is 3. The third kappa shape index (κ3) is 4.65. The van der Waals surface area contributed by atoms with Crippen molar-refractivity contribution in [3.05, 3.63) is 64.8 Å². The van der Waals surface area contributed by atoms with Crippen LogP contribution in [-0.4, -0.2) is 52.4 Å². The minimum atomic E-state index is -0.577. The lowest BCUT2D eigenvalue weighted by Crippen LogP contribution is -2.42. The highest BCUT2D eigenvalue weighted by molar-refractivity contribution is 5.83. The summed E-state index contributed by atoms with van der Waals surface area (Å²) in [6.07, 6.45) is 1.88. The molecule has 2 aromatic carbocycles. The number of phenols is 1. The van der Waals surface area contributed by atoms with Gasteiger partial charge in [-0.3, -0.25) is 9.36 Å². The van der Waals surface area contributed by atoms with E-state index in [-0.39, 0.29) is 17.4 Å². The number of aromatic nitrogens is 1. The molecule has 7 nitrogen and oxygen atoms in total. The van der Waals surface area contributed by atoms with E-state index in [1.165, 1.54) is 22.8 Å². The SMILES string of the molecule is CN(C(=O)OC(C)(C)C)[C@@H]1CCN(c2ccc(-n3ccc4cc(O)ccc4c3=O)cc2F)C1. The molecule has 0 aliphatic carbocycles. The number of hydrogen-bond donors (Lipinski definition) is 1. The van der Waals surface area contributed by atoms with Gasteiger partial charge in [0.2, 0.25) is 0 Å². The molecule has 33 heavy (non-hydrogen) atoms. The van der Waals surface area contributed by atoms with E-state index in [2.05, 4.69) is 0 Å². The molecule has 1 aliphatic heterocycles. The number of fused-ring (bicyclic) bond motifs is 1. The van der Waals surface area contributed by atoms with Gasteiger partial charge in [-0.1, -0.05) is 0 Å². The fourth-order valence-electron chi connectivity index (χ4n) is 4.10. The number of anilines is 1. The van der Waals surface area contributed by atoms with Crippen LogP contribution in [0.3, 0.4) is 0 Å². The number of likely N-dealkylation sites (N-methyl/N-ethyl adjacent to an activating group) is 1. The van der Waals surface area contributed by atoms with Gasteiger partial charge in [0.1, 0.15) is 17.2 Å². The number of halogens is 1. The third-order valence-electron chi connectivity index (χ3n) is 5.83. The Hall–Kier alpha value is -3.55. The molecule has 1 amide bonds. The molecule has 2 heterocycles. The summed E-state index contributed by atoms with van der Waals surface area (Å²) in [7, 11) is 1.70.